The molecule has 15 heavy (non-hydrogen) atoms. The zero-order valence-electron chi connectivity index (χ0n) is 10.2. The van der Waals surface area contributed by atoms with Gasteiger partial charge in [-0.1, -0.05) is 25.5 Å². The molecule has 1 N–H and O–H groups in total. The first-order chi connectivity index (χ1) is 6.89. The van der Waals surface area contributed by atoms with Gasteiger partial charge in [0, 0.05) is 5.56 Å². The lowest BCUT2D eigenvalue weighted by molar-refractivity contribution is 0.00690. The summed E-state index contributed by atoms with van der Waals surface area (Å²) in [5.74, 6) is 0.896. The van der Waals surface area contributed by atoms with E-state index in [9.17, 15) is 5.11 Å². The fourth-order valence-corrected chi connectivity index (χ4v) is 1.53. The Hall–Kier alpha value is -1.02. The molecule has 0 spiro atoms. The van der Waals surface area contributed by atoms with E-state index in [1.54, 1.807) is 7.11 Å². The summed E-state index contributed by atoms with van der Waals surface area (Å²) in [5.41, 5.74) is 1.14. The first kappa shape index (κ1) is 12.1. The van der Waals surface area contributed by atoms with Crippen molar-refractivity contribution in [3.63, 3.8) is 0 Å². The van der Waals surface area contributed by atoms with E-state index in [0.717, 1.165) is 16.9 Å². The molecule has 1 aromatic rings. The molecule has 2 heteroatoms. The average Bonchev–Trinajstić information content (AvgIpc) is 2.17. The molecule has 0 radical (unpaired) electrons. The van der Waals surface area contributed by atoms with E-state index in [0.29, 0.717) is 0 Å². The second-order valence-electron chi connectivity index (χ2n) is 4.51. The number of benzene rings is 1. The minimum atomic E-state index is -0.850. The highest BCUT2D eigenvalue weighted by molar-refractivity contribution is 5.40. The number of aryl methyl sites for hydroxylation is 1. The molecule has 1 atom stereocenters. The highest BCUT2D eigenvalue weighted by Gasteiger charge is 2.30. The zero-order valence-corrected chi connectivity index (χ0v) is 10.2. The van der Waals surface area contributed by atoms with Crippen LogP contribution in [-0.4, -0.2) is 12.2 Å². The summed E-state index contributed by atoms with van der Waals surface area (Å²) in [6.07, 6.45) is 0. The Bertz CT molecular complexity index is 340. The van der Waals surface area contributed by atoms with Crippen molar-refractivity contribution in [3.05, 3.63) is 29.3 Å². The summed E-state index contributed by atoms with van der Waals surface area (Å²) in [6.45, 7) is 7.85. The lowest BCUT2D eigenvalue weighted by Crippen LogP contribution is -2.28. The van der Waals surface area contributed by atoms with Gasteiger partial charge in [-0.15, -0.1) is 0 Å². The smallest absolute Gasteiger partial charge is 0.124 e. The monoisotopic (exact) mass is 208 g/mol. The molecular formula is C13H20O2. The fraction of sp³-hybridized carbons (Fsp3) is 0.538. The summed E-state index contributed by atoms with van der Waals surface area (Å²) in [7, 11) is 1.63. The molecule has 0 aliphatic rings. The third kappa shape index (κ3) is 2.32. The topological polar surface area (TPSA) is 29.5 Å². The van der Waals surface area contributed by atoms with Crippen molar-refractivity contribution in [1.29, 1.82) is 0 Å². The van der Waals surface area contributed by atoms with Gasteiger partial charge in [0.05, 0.1) is 12.7 Å². The Morgan fingerprint density at radius 3 is 2.40 bits per heavy atom. The van der Waals surface area contributed by atoms with Gasteiger partial charge in [0.2, 0.25) is 0 Å². The molecule has 0 unspecified atom stereocenters. The number of aliphatic hydroxyl groups is 1. The van der Waals surface area contributed by atoms with Crippen molar-refractivity contribution >= 4 is 0 Å². The van der Waals surface area contributed by atoms with Gasteiger partial charge < -0.3 is 9.84 Å². The van der Waals surface area contributed by atoms with Crippen LogP contribution in [0.3, 0.4) is 0 Å². The Balaban J connectivity index is 3.28. The van der Waals surface area contributed by atoms with Crippen LogP contribution in [0.2, 0.25) is 0 Å². The van der Waals surface area contributed by atoms with E-state index in [1.807, 2.05) is 45.9 Å². The summed E-state index contributed by atoms with van der Waals surface area (Å²) in [5, 5.41) is 10.4. The van der Waals surface area contributed by atoms with Gasteiger partial charge in [0.1, 0.15) is 5.75 Å². The molecule has 0 aromatic heterocycles. The maximum Gasteiger partial charge on any atom is 0.124 e. The third-order valence-electron chi connectivity index (χ3n) is 3.02. The second kappa shape index (κ2) is 4.23. The standard InChI is InChI=1S/C13H20O2/c1-9(2)13(4,14)11-8-10(3)6-7-12(11)15-5/h6-9,14H,1-5H3/t13-/m1/s1. The van der Waals surface area contributed by atoms with Crippen molar-refractivity contribution in [2.45, 2.75) is 33.3 Å². The number of rotatable bonds is 3. The lowest BCUT2D eigenvalue weighted by atomic mass is 9.84. The van der Waals surface area contributed by atoms with Crippen molar-refractivity contribution in [2.24, 2.45) is 5.92 Å². The van der Waals surface area contributed by atoms with Gasteiger partial charge in [0.25, 0.3) is 0 Å². The van der Waals surface area contributed by atoms with Crippen LogP contribution in [0.15, 0.2) is 18.2 Å². The SMILES string of the molecule is COc1ccc(C)cc1[C@](C)(O)C(C)C. The lowest BCUT2D eigenvalue weighted by Gasteiger charge is -2.30. The maximum atomic E-state index is 10.4. The summed E-state index contributed by atoms with van der Waals surface area (Å²) < 4.78 is 5.28. The van der Waals surface area contributed by atoms with Gasteiger partial charge in [0.15, 0.2) is 0 Å². The quantitative estimate of drug-likeness (QED) is 0.827. The van der Waals surface area contributed by atoms with Crippen LogP contribution in [0.25, 0.3) is 0 Å². The fourth-order valence-electron chi connectivity index (χ4n) is 1.53. The largest absolute Gasteiger partial charge is 0.496 e. The third-order valence-corrected chi connectivity index (χ3v) is 3.02. The predicted molar refractivity (Wildman–Crippen MR) is 62.1 cm³/mol. The Morgan fingerprint density at radius 1 is 1.33 bits per heavy atom. The van der Waals surface area contributed by atoms with Gasteiger partial charge >= 0.3 is 0 Å². The van der Waals surface area contributed by atoms with Gasteiger partial charge in [-0.05, 0) is 31.9 Å². The Labute approximate surface area is 91.9 Å². The van der Waals surface area contributed by atoms with E-state index in [4.69, 9.17) is 4.74 Å². The zero-order chi connectivity index (χ0) is 11.6. The van der Waals surface area contributed by atoms with E-state index >= 15 is 0 Å². The molecule has 0 heterocycles. The molecule has 0 saturated heterocycles. The van der Waals surface area contributed by atoms with Crippen LogP contribution in [0, 0.1) is 12.8 Å². The molecular weight excluding hydrogens is 188 g/mol. The number of ether oxygens (including phenoxy) is 1. The van der Waals surface area contributed by atoms with Gasteiger partial charge in [-0.25, -0.2) is 0 Å². The predicted octanol–water partition coefficient (Wildman–Crippen LogP) is 2.87. The Kier molecular flexibility index (Phi) is 3.40. The average molecular weight is 208 g/mol. The van der Waals surface area contributed by atoms with Gasteiger partial charge in [-0.3, -0.25) is 0 Å². The van der Waals surface area contributed by atoms with Crippen LogP contribution in [-0.2, 0) is 5.60 Å². The molecule has 0 aliphatic heterocycles. The van der Waals surface area contributed by atoms with Crippen molar-refractivity contribution < 1.29 is 9.84 Å². The number of hydrogen-bond acceptors (Lipinski definition) is 2. The molecule has 0 saturated carbocycles. The summed E-state index contributed by atoms with van der Waals surface area (Å²) in [4.78, 5) is 0. The molecule has 84 valence electrons. The van der Waals surface area contributed by atoms with Crippen molar-refractivity contribution in [2.75, 3.05) is 7.11 Å². The van der Waals surface area contributed by atoms with E-state index < -0.39 is 5.60 Å². The van der Waals surface area contributed by atoms with E-state index in [1.165, 1.54) is 0 Å². The highest BCUT2D eigenvalue weighted by atomic mass is 16.5. The molecule has 0 fully saturated rings. The summed E-state index contributed by atoms with van der Waals surface area (Å²) >= 11 is 0. The molecule has 2 nitrogen and oxygen atoms in total. The van der Waals surface area contributed by atoms with Crippen LogP contribution >= 0.6 is 0 Å². The summed E-state index contributed by atoms with van der Waals surface area (Å²) in [6, 6.07) is 5.87. The number of methoxy groups -OCH3 is 1. The van der Waals surface area contributed by atoms with Crippen molar-refractivity contribution in [3.8, 4) is 5.75 Å². The van der Waals surface area contributed by atoms with Crippen LogP contribution in [0.5, 0.6) is 5.75 Å². The maximum absolute atomic E-state index is 10.4. The van der Waals surface area contributed by atoms with Gasteiger partial charge in [-0.2, -0.15) is 0 Å². The van der Waals surface area contributed by atoms with E-state index in [-0.39, 0.29) is 5.92 Å². The van der Waals surface area contributed by atoms with Crippen molar-refractivity contribution in [1.82, 2.24) is 0 Å². The molecule has 0 amide bonds. The molecule has 1 rings (SSSR count). The first-order valence-corrected chi connectivity index (χ1v) is 5.27. The van der Waals surface area contributed by atoms with Crippen LogP contribution in [0.4, 0.5) is 0 Å². The highest BCUT2D eigenvalue weighted by Crippen LogP contribution is 2.35. The molecule has 0 bridgehead atoms. The molecule has 1 aromatic carbocycles. The number of hydrogen-bond donors (Lipinski definition) is 1. The van der Waals surface area contributed by atoms with Crippen LogP contribution < -0.4 is 4.74 Å². The first-order valence-electron chi connectivity index (χ1n) is 5.27. The van der Waals surface area contributed by atoms with E-state index in [2.05, 4.69) is 0 Å². The van der Waals surface area contributed by atoms with Crippen LogP contribution in [0.1, 0.15) is 31.9 Å². The minimum Gasteiger partial charge on any atom is -0.496 e. The second-order valence-corrected chi connectivity index (χ2v) is 4.51. The normalized spacial score (nSPS) is 15.1. The Morgan fingerprint density at radius 2 is 1.93 bits per heavy atom. The minimum absolute atomic E-state index is 0.146. The molecule has 0 aliphatic carbocycles.